The van der Waals surface area contributed by atoms with Gasteiger partial charge in [-0.2, -0.15) is 0 Å². The fourth-order valence-electron chi connectivity index (χ4n) is 5.39. The van der Waals surface area contributed by atoms with E-state index in [1.165, 1.54) is 31.4 Å². The lowest BCUT2D eigenvalue weighted by Crippen LogP contribution is -2.66. The molecule has 266 valence electrons. The summed E-state index contributed by atoms with van der Waals surface area (Å²) in [5, 5.41) is 112. The van der Waals surface area contributed by atoms with Gasteiger partial charge in [-0.15, -0.1) is 0 Å². The number of hydrogen-bond donors (Lipinski definition) is 11. The molecule has 3 heterocycles. The lowest BCUT2D eigenvalue weighted by molar-refractivity contribution is -0.398. The van der Waals surface area contributed by atoms with Crippen LogP contribution in [0.1, 0.15) is 5.56 Å². The SMILES string of the molecule is COc1cc(/C=C/C(=O)O[C@H]2[C@H](O)[C@@H](CO)O[C@@]2(CO)O[C@H]2O[C@H](CO)[C@@H](O[C@@H]3O[C@H](CO)[C@@H](O)[C@H](O)[C@H]3O)[C@H](O)[C@H]2O)ccc1O. The largest absolute Gasteiger partial charge is 0.504 e. The molecule has 0 bridgehead atoms. The second-order valence-corrected chi connectivity index (χ2v) is 11.0. The zero-order valence-electron chi connectivity index (χ0n) is 24.9. The fraction of sp³-hybridized carbons (Fsp3) is 0.679. The first-order valence-corrected chi connectivity index (χ1v) is 14.4. The first kappa shape index (κ1) is 37.3. The topological polar surface area (TPSA) is 304 Å². The molecular formula is C28H40O19. The molecule has 1 aromatic rings. The highest BCUT2D eigenvalue weighted by Crippen LogP contribution is 2.39. The van der Waals surface area contributed by atoms with Crippen molar-refractivity contribution in [3.63, 3.8) is 0 Å². The van der Waals surface area contributed by atoms with Gasteiger partial charge in [-0.1, -0.05) is 6.07 Å². The van der Waals surface area contributed by atoms with Gasteiger partial charge in [-0.25, -0.2) is 4.79 Å². The fourth-order valence-corrected chi connectivity index (χ4v) is 5.39. The summed E-state index contributed by atoms with van der Waals surface area (Å²) in [6.45, 7) is -3.69. The molecule has 14 atom stereocenters. The van der Waals surface area contributed by atoms with Crippen molar-refractivity contribution in [1.29, 1.82) is 0 Å². The van der Waals surface area contributed by atoms with E-state index >= 15 is 0 Å². The Morgan fingerprint density at radius 1 is 0.830 bits per heavy atom. The molecule has 19 nitrogen and oxygen atoms in total. The number of benzene rings is 1. The smallest absolute Gasteiger partial charge is 0.331 e. The van der Waals surface area contributed by atoms with E-state index in [2.05, 4.69) is 0 Å². The normalized spacial score (nSPS) is 40.9. The quantitative estimate of drug-likeness (QED) is 0.0724. The molecule has 0 amide bonds. The average molecular weight is 681 g/mol. The van der Waals surface area contributed by atoms with E-state index in [9.17, 15) is 61.0 Å². The molecule has 47 heavy (non-hydrogen) atoms. The van der Waals surface area contributed by atoms with Gasteiger partial charge in [0.15, 0.2) is 30.2 Å². The van der Waals surface area contributed by atoms with Crippen molar-refractivity contribution in [3.05, 3.63) is 29.8 Å². The van der Waals surface area contributed by atoms with Gasteiger partial charge >= 0.3 is 5.97 Å². The van der Waals surface area contributed by atoms with Crippen LogP contribution in [0.3, 0.4) is 0 Å². The number of esters is 1. The molecule has 3 fully saturated rings. The molecule has 0 radical (unpaired) electrons. The number of ether oxygens (including phenoxy) is 7. The first-order chi connectivity index (χ1) is 22.3. The Balaban J connectivity index is 1.51. The Kier molecular flexibility index (Phi) is 12.5. The minimum absolute atomic E-state index is 0.119. The second kappa shape index (κ2) is 15.8. The zero-order valence-corrected chi connectivity index (χ0v) is 24.9. The summed E-state index contributed by atoms with van der Waals surface area (Å²) in [4.78, 5) is 12.8. The number of hydrogen-bond acceptors (Lipinski definition) is 19. The highest BCUT2D eigenvalue weighted by molar-refractivity contribution is 5.87. The number of rotatable bonds is 12. The number of aliphatic hydroxyl groups is 10. The van der Waals surface area contributed by atoms with Gasteiger partial charge in [-0.3, -0.25) is 0 Å². The summed E-state index contributed by atoms with van der Waals surface area (Å²) in [7, 11) is 1.33. The van der Waals surface area contributed by atoms with Crippen LogP contribution in [0, 0.1) is 0 Å². The Morgan fingerprint density at radius 2 is 1.47 bits per heavy atom. The van der Waals surface area contributed by atoms with E-state index in [1.54, 1.807) is 0 Å². The van der Waals surface area contributed by atoms with Gasteiger partial charge in [0.2, 0.25) is 5.79 Å². The van der Waals surface area contributed by atoms with Crippen molar-refractivity contribution in [2.24, 2.45) is 0 Å². The van der Waals surface area contributed by atoms with Gasteiger partial charge < -0.3 is 89.3 Å². The van der Waals surface area contributed by atoms with Crippen LogP contribution in [0.15, 0.2) is 24.3 Å². The zero-order chi connectivity index (χ0) is 34.6. The summed E-state index contributed by atoms with van der Waals surface area (Å²) in [6, 6.07) is 4.18. The third kappa shape index (κ3) is 7.69. The molecule has 3 aliphatic rings. The number of carbonyl (C=O) groups excluding carboxylic acids is 1. The predicted molar refractivity (Wildman–Crippen MR) is 149 cm³/mol. The molecule has 0 aromatic heterocycles. The monoisotopic (exact) mass is 680 g/mol. The lowest BCUT2D eigenvalue weighted by atomic mass is 9.96. The molecular weight excluding hydrogens is 640 g/mol. The Labute approximate surface area is 266 Å². The standard InChI is InChI=1S/C28H40O19/c1-41-13-6-11(2-4-12(13)33)3-5-17(34)44-25-19(36)15(8-30)46-28(25,10-32)47-27-23(40)21(38)24(16(9-31)43-27)45-26-22(39)20(37)18(35)14(7-29)42-26/h2-6,14-16,18-27,29-33,35-40H,7-10H2,1H3/b5-3+/t14-,15-,16-,18-,19-,20+,21-,22-,23-,24-,25+,26+,27-,28+/m1/s1. The van der Waals surface area contributed by atoms with Crippen LogP contribution in [0.5, 0.6) is 11.5 Å². The number of methoxy groups -OCH3 is 1. The minimum atomic E-state index is -2.51. The number of carbonyl (C=O) groups is 1. The Bertz CT molecular complexity index is 1210. The second-order valence-electron chi connectivity index (χ2n) is 11.0. The van der Waals surface area contributed by atoms with Crippen molar-refractivity contribution in [3.8, 4) is 11.5 Å². The van der Waals surface area contributed by atoms with Crippen molar-refractivity contribution in [1.82, 2.24) is 0 Å². The van der Waals surface area contributed by atoms with E-state index < -0.39 is 118 Å². The van der Waals surface area contributed by atoms with Gasteiger partial charge in [0, 0.05) is 6.08 Å². The van der Waals surface area contributed by atoms with E-state index in [0.717, 1.165) is 6.08 Å². The van der Waals surface area contributed by atoms with Crippen molar-refractivity contribution < 1.29 is 94.1 Å². The Morgan fingerprint density at radius 3 is 2.09 bits per heavy atom. The van der Waals surface area contributed by atoms with Crippen LogP contribution in [-0.4, -0.2) is 181 Å². The molecule has 19 heteroatoms. The molecule has 3 aliphatic heterocycles. The van der Waals surface area contributed by atoms with Crippen LogP contribution in [-0.2, 0) is 33.2 Å². The van der Waals surface area contributed by atoms with Crippen LogP contribution in [0.2, 0.25) is 0 Å². The van der Waals surface area contributed by atoms with Gasteiger partial charge in [0.25, 0.3) is 0 Å². The molecule has 4 rings (SSSR count). The Hall–Kier alpha value is -2.57. The molecule has 0 aliphatic carbocycles. The minimum Gasteiger partial charge on any atom is -0.504 e. The molecule has 3 saturated heterocycles. The number of aliphatic hydroxyl groups excluding tert-OH is 10. The summed E-state index contributed by atoms with van der Waals surface area (Å²) in [5.74, 6) is -3.62. The van der Waals surface area contributed by atoms with Gasteiger partial charge in [-0.05, 0) is 23.8 Å². The highest BCUT2D eigenvalue weighted by atomic mass is 16.8. The number of aromatic hydroxyl groups is 1. The van der Waals surface area contributed by atoms with Gasteiger partial charge in [0.1, 0.15) is 67.6 Å². The number of phenolic OH excluding ortho intramolecular Hbond substituents is 1. The summed E-state index contributed by atoms with van der Waals surface area (Å²) in [5.41, 5.74) is 0.404. The maximum absolute atomic E-state index is 12.8. The van der Waals surface area contributed by atoms with Crippen molar-refractivity contribution in [2.75, 3.05) is 33.5 Å². The van der Waals surface area contributed by atoms with E-state index in [0.29, 0.717) is 5.56 Å². The van der Waals surface area contributed by atoms with E-state index in [1.807, 2.05) is 0 Å². The van der Waals surface area contributed by atoms with Gasteiger partial charge in [0.05, 0.1) is 26.9 Å². The average Bonchev–Trinajstić information content (AvgIpc) is 3.33. The highest BCUT2D eigenvalue weighted by Gasteiger charge is 2.61. The lowest BCUT2D eigenvalue weighted by Gasteiger charge is -2.47. The molecule has 0 unspecified atom stereocenters. The maximum Gasteiger partial charge on any atom is 0.331 e. The third-order valence-electron chi connectivity index (χ3n) is 8.01. The van der Waals surface area contributed by atoms with Crippen LogP contribution < -0.4 is 4.74 Å². The molecule has 0 spiro atoms. The van der Waals surface area contributed by atoms with Crippen molar-refractivity contribution >= 4 is 12.0 Å². The van der Waals surface area contributed by atoms with E-state index in [4.69, 9.17) is 33.2 Å². The third-order valence-corrected chi connectivity index (χ3v) is 8.01. The predicted octanol–water partition coefficient (Wildman–Crippen LogP) is -5.59. The molecule has 0 saturated carbocycles. The summed E-state index contributed by atoms with van der Waals surface area (Å²) < 4.78 is 37.9. The van der Waals surface area contributed by atoms with Crippen LogP contribution in [0.4, 0.5) is 0 Å². The molecule has 1 aromatic carbocycles. The maximum atomic E-state index is 12.8. The van der Waals surface area contributed by atoms with E-state index in [-0.39, 0.29) is 11.5 Å². The van der Waals surface area contributed by atoms with Crippen LogP contribution >= 0.6 is 0 Å². The van der Waals surface area contributed by atoms with Crippen LogP contribution in [0.25, 0.3) is 6.08 Å². The van der Waals surface area contributed by atoms with Crippen molar-refractivity contribution in [2.45, 2.75) is 85.5 Å². The molecule has 11 N–H and O–H groups in total. The number of phenols is 1. The summed E-state index contributed by atoms with van der Waals surface area (Å²) >= 11 is 0. The summed E-state index contributed by atoms with van der Waals surface area (Å²) in [6.07, 6.45) is -20.8. The first-order valence-electron chi connectivity index (χ1n) is 14.4.